The number of nitrogens with zero attached hydrogens (tertiary/aromatic N) is 3. The maximum Gasteiger partial charge on any atom is 0 e. The van der Waals surface area contributed by atoms with Crippen molar-refractivity contribution >= 4 is 32.7 Å². The minimum Gasteiger partial charge on any atom is -0.409 e. The van der Waals surface area contributed by atoms with Crippen molar-refractivity contribution in [3.05, 3.63) is 0 Å². The summed E-state index contributed by atoms with van der Waals surface area (Å²) in [5, 5.41) is 0. The summed E-state index contributed by atoms with van der Waals surface area (Å²) in [5.74, 6) is 0. The minimum absolute atomic E-state index is 0. The second-order valence-electron chi connectivity index (χ2n) is 6.86. The van der Waals surface area contributed by atoms with Gasteiger partial charge in [0.2, 0.25) is 0 Å². The van der Waals surface area contributed by atoms with Crippen LogP contribution in [0.2, 0.25) is 0 Å². The van der Waals surface area contributed by atoms with E-state index >= 15 is 0 Å². The van der Waals surface area contributed by atoms with Gasteiger partial charge in [0, 0.05) is 17.1 Å². The molecule has 197 valence electrons. The SMILES string of the molecule is CN(C)CCCN[S-](=O)=O.CN(C)CCCN[S-](=O)=O.CN(C)CCCN[S-](=O)=O.[Cu]. The third-order valence-corrected chi connectivity index (χ3v) is 4.33. The Labute approximate surface area is 204 Å². The molecule has 3 N–H and O–H groups in total. The topological polar surface area (TPSA) is 148 Å². The summed E-state index contributed by atoms with van der Waals surface area (Å²) in [6, 6.07) is 0. The Balaban J connectivity index is -0.000000174. The van der Waals surface area contributed by atoms with Gasteiger partial charge in [-0.15, -0.1) is 0 Å². The maximum atomic E-state index is 9.92. The molecule has 0 atom stereocenters. The predicted octanol–water partition coefficient (Wildman–Crippen LogP) is -0.746. The predicted molar refractivity (Wildman–Crippen MR) is 120 cm³/mol. The molecule has 0 aromatic heterocycles. The molecule has 1 radical (unpaired) electrons. The van der Waals surface area contributed by atoms with E-state index in [0.29, 0.717) is 19.6 Å². The fourth-order valence-corrected chi connectivity index (χ4v) is 2.59. The Bertz CT molecular complexity index is 497. The number of hydrogen-bond acceptors (Lipinski definition) is 12. The maximum absolute atomic E-state index is 9.92. The Morgan fingerprint density at radius 1 is 0.484 bits per heavy atom. The van der Waals surface area contributed by atoms with E-state index in [9.17, 15) is 25.3 Å². The average Bonchev–Trinajstić information content (AvgIpc) is 2.60. The van der Waals surface area contributed by atoms with Gasteiger partial charge in [-0.25, -0.2) is 0 Å². The van der Waals surface area contributed by atoms with Crippen molar-refractivity contribution in [1.29, 1.82) is 0 Å². The first-order valence-corrected chi connectivity index (χ1v) is 12.5. The van der Waals surface area contributed by atoms with Crippen molar-refractivity contribution in [1.82, 2.24) is 28.9 Å². The summed E-state index contributed by atoms with van der Waals surface area (Å²) in [6.45, 7) is 4.29. The van der Waals surface area contributed by atoms with Crippen molar-refractivity contribution in [3.8, 4) is 0 Å². The summed E-state index contributed by atoms with van der Waals surface area (Å²) in [4.78, 5) is 6.03. The fraction of sp³-hybridized carbons (Fsp3) is 1.00. The van der Waals surface area contributed by atoms with Gasteiger partial charge in [0.15, 0.2) is 0 Å². The van der Waals surface area contributed by atoms with Crippen molar-refractivity contribution in [2.75, 3.05) is 81.6 Å². The first-order valence-electron chi connectivity index (χ1n) is 9.30. The van der Waals surface area contributed by atoms with Crippen LogP contribution in [0.5, 0.6) is 0 Å². The first kappa shape index (κ1) is 38.4. The Morgan fingerprint density at radius 2 is 0.677 bits per heavy atom. The molecule has 31 heavy (non-hydrogen) atoms. The molecule has 0 spiro atoms. The normalized spacial score (nSPS) is 10.8. The second-order valence-corrected chi connectivity index (χ2v) is 9.13. The van der Waals surface area contributed by atoms with Crippen molar-refractivity contribution in [2.24, 2.45) is 0 Å². The molecule has 0 fully saturated rings. The van der Waals surface area contributed by atoms with Crippen LogP contribution in [-0.2, 0) is 75.0 Å². The van der Waals surface area contributed by atoms with Gasteiger partial charge in [-0.05, 0) is 133 Å². The molecule has 0 bridgehead atoms. The first-order chi connectivity index (χ1) is 13.9. The zero-order valence-corrected chi connectivity index (χ0v) is 22.6. The molecule has 0 unspecified atom stereocenters. The molecule has 0 amide bonds. The largest absolute Gasteiger partial charge is 0.409 e. The van der Waals surface area contributed by atoms with Gasteiger partial charge in [-0.3, -0.25) is 0 Å². The molecule has 0 saturated carbocycles. The summed E-state index contributed by atoms with van der Waals surface area (Å²) in [7, 11) is 5.42. The third kappa shape index (κ3) is 53.4. The minimum atomic E-state index is -2.10. The van der Waals surface area contributed by atoms with Crippen molar-refractivity contribution in [3.63, 3.8) is 0 Å². The van der Waals surface area contributed by atoms with Crippen LogP contribution in [0, 0.1) is 0 Å². The van der Waals surface area contributed by atoms with Crippen LogP contribution in [0.3, 0.4) is 0 Å². The molecular weight excluding hydrogens is 520 g/mol. The van der Waals surface area contributed by atoms with Crippen molar-refractivity contribution in [2.45, 2.75) is 19.3 Å². The van der Waals surface area contributed by atoms with E-state index < -0.39 is 32.7 Å². The van der Waals surface area contributed by atoms with Crippen LogP contribution < -0.4 is 14.2 Å². The Morgan fingerprint density at radius 3 is 0.806 bits per heavy atom. The zero-order valence-electron chi connectivity index (χ0n) is 19.2. The summed E-state index contributed by atoms with van der Waals surface area (Å²) < 4.78 is 66.4. The van der Waals surface area contributed by atoms with Gasteiger partial charge < -0.3 is 54.1 Å². The van der Waals surface area contributed by atoms with E-state index in [0.717, 1.165) is 38.9 Å². The Kier molecular flexibility index (Phi) is 34.9. The van der Waals surface area contributed by atoms with E-state index in [4.69, 9.17) is 0 Å². The quantitative estimate of drug-likeness (QED) is 0.134. The van der Waals surface area contributed by atoms with Gasteiger partial charge >= 0.3 is 0 Å². The molecule has 0 aromatic rings. The van der Waals surface area contributed by atoms with E-state index in [1.165, 1.54) is 0 Å². The van der Waals surface area contributed by atoms with Gasteiger partial charge in [-0.1, -0.05) is 0 Å². The van der Waals surface area contributed by atoms with Crippen LogP contribution in [0.25, 0.3) is 0 Å². The fourth-order valence-electron chi connectivity index (χ4n) is 1.65. The molecule has 0 aliphatic rings. The molecule has 0 aromatic carbocycles. The molecule has 0 aliphatic carbocycles. The number of rotatable bonds is 15. The van der Waals surface area contributed by atoms with Gasteiger partial charge in [-0.2, -0.15) is 0 Å². The number of hydrogen-bond donors (Lipinski definition) is 3. The van der Waals surface area contributed by atoms with Crippen LogP contribution >= 0.6 is 0 Å². The van der Waals surface area contributed by atoms with Crippen molar-refractivity contribution < 1.29 is 42.3 Å². The average molecular weight is 559 g/mol. The zero-order chi connectivity index (χ0) is 23.9. The van der Waals surface area contributed by atoms with Crippen LogP contribution in [0.15, 0.2) is 0 Å². The van der Waals surface area contributed by atoms with Gasteiger partial charge in [0.25, 0.3) is 0 Å². The molecule has 0 saturated heterocycles. The van der Waals surface area contributed by atoms with Gasteiger partial charge in [0.05, 0.1) is 0 Å². The molecule has 0 rings (SSSR count). The summed E-state index contributed by atoms with van der Waals surface area (Å²) in [6.07, 6.45) is 2.54. The second kappa shape index (κ2) is 28.2. The molecule has 16 heteroatoms. The smallest absolute Gasteiger partial charge is 0 e. The molecule has 12 nitrogen and oxygen atoms in total. The molecule has 0 aliphatic heterocycles. The molecule has 0 heterocycles. The van der Waals surface area contributed by atoms with E-state index in [1.807, 2.05) is 57.0 Å². The van der Waals surface area contributed by atoms with E-state index in [2.05, 4.69) is 14.2 Å². The standard InChI is InChI=1S/3C5H13N2O2S.Cu/c3*1-7(2)5-3-4-6-10(8)9;/h3*3-5H2,1-2H3,(H,6,8,9);/q3*-1;. The summed E-state index contributed by atoms with van der Waals surface area (Å²) >= 11 is 0. The van der Waals surface area contributed by atoms with Crippen LogP contribution in [0.4, 0.5) is 0 Å². The van der Waals surface area contributed by atoms with Crippen LogP contribution in [-0.4, -0.2) is 96.3 Å². The number of nitrogens with one attached hydrogen (secondary N) is 3. The Hall–Kier alpha value is 0.129. The third-order valence-electron chi connectivity index (χ3n) is 3.01. The van der Waals surface area contributed by atoms with E-state index in [-0.39, 0.29) is 17.1 Å². The summed E-state index contributed by atoms with van der Waals surface area (Å²) in [5.41, 5.74) is 0. The van der Waals surface area contributed by atoms with E-state index in [1.54, 1.807) is 0 Å². The monoisotopic (exact) mass is 558 g/mol. The van der Waals surface area contributed by atoms with Gasteiger partial charge in [0.1, 0.15) is 0 Å². The molecular formula is C15H39CuN6O6S3-3. The van der Waals surface area contributed by atoms with Crippen LogP contribution in [0.1, 0.15) is 19.3 Å².